The van der Waals surface area contributed by atoms with Crippen molar-refractivity contribution in [3.8, 4) is 11.5 Å². The highest BCUT2D eigenvalue weighted by Gasteiger charge is 2.15. The Morgan fingerprint density at radius 3 is 2.80 bits per heavy atom. The van der Waals surface area contributed by atoms with Gasteiger partial charge in [-0.3, -0.25) is 9.59 Å². The summed E-state index contributed by atoms with van der Waals surface area (Å²) in [7, 11) is 0. The fourth-order valence-corrected chi connectivity index (χ4v) is 3.84. The van der Waals surface area contributed by atoms with Gasteiger partial charge in [-0.25, -0.2) is 4.98 Å². The summed E-state index contributed by atoms with van der Waals surface area (Å²) in [6.07, 6.45) is 1.84. The lowest BCUT2D eigenvalue weighted by molar-refractivity contribution is -0.119. The Bertz CT molecular complexity index is 1230. The fourth-order valence-electron chi connectivity index (χ4n) is 3.13. The lowest BCUT2D eigenvalue weighted by Gasteiger charge is -2.02. The predicted octanol–water partition coefficient (Wildman–Crippen LogP) is 4.58. The molecule has 0 aliphatic rings. The van der Waals surface area contributed by atoms with E-state index in [1.54, 1.807) is 18.4 Å². The van der Waals surface area contributed by atoms with Gasteiger partial charge in [0.25, 0.3) is 0 Å². The molecule has 30 heavy (non-hydrogen) atoms. The third kappa shape index (κ3) is 4.13. The van der Waals surface area contributed by atoms with Crippen molar-refractivity contribution in [1.82, 2.24) is 10.3 Å². The van der Waals surface area contributed by atoms with Crippen LogP contribution in [0.3, 0.4) is 0 Å². The number of nitrogens with one attached hydrogen (secondary N) is 2. The van der Waals surface area contributed by atoms with Crippen molar-refractivity contribution in [2.75, 3.05) is 5.32 Å². The summed E-state index contributed by atoms with van der Waals surface area (Å²) in [4.78, 5) is 28.0. The predicted molar refractivity (Wildman–Crippen MR) is 115 cm³/mol. The van der Waals surface area contributed by atoms with Crippen LogP contribution in [0.25, 0.3) is 22.4 Å². The van der Waals surface area contributed by atoms with Gasteiger partial charge in [0, 0.05) is 23.3 Å². The van der Waals surface area contributed by atoms with Crippen molar-refractivity contribution in [2.24, 2.45) is 0 Å². The van der Waals surface area contributed by atoms with E-state index in [-0.39, 0.29) is 18.2 Å². The summed E-state index contributed by atoms with van der Waals surface area (Å²) >= 11 is 1.32. The Kier molecular flexibility index (Phi) is 5.41. The number of carbonyl (C=O) groups excluding carboxylic acids is 2. The molecule has 0 radical (unpaired) electrons. The van der Waals surface area contributed by atoms with E-state index in [1.165, 1.54) is 18.3 Å². The van der Waals surface area contributed by atoms with Crippen LogP contribution in [0.15, 0.2) is 44.7 Å². The van der Waals surface area contributed by atoms with Crippen molar-refractivity contribution in [3.63, 3.8) is 0 Å². The molecule has 0 saturated heterocycles. The number of aromatic nitrogens is 1. The zero-order valence-electron chi connectivity index (χ0n) is 16.9. The van der Waals surface area contributed by atoms with E-state index in [0.717, 1.165) is 27.7 Å². The van der Waals surface area contributed by atoms with E-state index in [1.807, 2.05) is 31.4 Å². The second-order valence-electron chi connectivity index (χ2n) is 7.08. The number of nitrogens with zero attached hydrogens (tertiary/aromatic N) is 1. The first-order valence-electron chi connectivity index (χ1n) is 9.46. The highest BCUT2D eigenvalue weighted by Crippen LogP contribution is 2.28. The molecule has 1 aromatic carbocycles. The average Bonchev–Trinajstić information content (AvgIpc) is 3.43. The topological polar surface area (TPSA) is 97.4 Å². The van der Waals surface area contributed by atoms with Gasteiger partial charge < -0.3 is 19.5 Å². The second-order valence-corrected chi connectivity index (χ2v) is 7.94. The number of amides is 2. The maximum Gasteiger partial charge on any atom is 0.230 e. The Morgan fingerprint density at radius 2 is 2.00 bits per heavy atom. The molecule has 4 rings (SSSR count). The number of aryl methyl sites for hydroxylation is 2. The van der Waals surface area contributed by atoms with Crippen LogP contribution < -0.4 is 10.6 Å². The van der Waals surface area contributed by atoms with Gasteiger partial charge in [0.15, 0.2) is 10.9 Å². The van der Waals surface area contributed by atoms with E-state index in [2.05, 4.69) is 15.6 Å². The summed E-state index contributed by atoms with van der Waals surface area (Å²) in [5.74, 6) is 0.930. The van der Waals surface area contributed by atoms with Gasteiger partial charge in [-0.1, -0.05) is 12.1 Å². The van der Waals surface area contributed by atoms with Crippen molar-refractivity contribution >= 4 is 39.3 Å². The van der Waals surface area contributed by atoms with Crippen LogP contribution in [0, 0.1) is 13.8 Å². The zero-order valence-corrected chi connectivity index (χ0v) is 17.7. The van der Waals surface area contributed by atoms with Crippen LogP contribution in [-0.2, 0) is 22.6 Å². The molecule has 0 spiro atoms. The highest BCUT2D eigenvalue weighted by atomic mass is 32.1. The van der Waals surface area contributed by atoms with Crippen molar-refractivity contribution in [3.05, 3.63) is 58.4 Å². The normalized spacial score (nSPS) is 11.0. The standard InChI is InChI=1S/C22H21N3O4S/c1-12-4-6-17-15(10-28-21(17)13(12)2)8-20(27)25-22-24-18(11-30-22)19-7-5-16(29-19)9-23-14(3)26/h4-7,10-11H,8-9H2,1-3H3,(H,23,26)(H,24,25,27). The first-order chi connectivity index (χ1) is 14.4. The molecule has 2 N–H and O–H groups in total. The van der Waals surface area contributed by atoms with Gasteiger partial charge in [0.05, 0.1) is 19.2 Å². The lowest BCUT2D eigenvalue weighted by Crippen LogP contribution is -2.18. The maximum atomic E-state index is 12.5. The number of anilines is 1. The van der Waals surface area contributed by atoms with Gasteiger partial charge in [-0.05, 0) is 37.1 Å². The van der Waals surface area contributed by atoms with Gasteiger partial charge in [-0.15, -0.1) is 11.3 Å². The van der Waals surface area contributed by atoms with E-state index in [0.29, 0.717) is 28.9 Å². The summed E-state index contributed by atoms with van der Waals surface area (Å²) in [6.45, 7) is 5.82. The minimum absolute atomic E-state index is 0.123. The van der Waals surface area contributed by atoms with E-state index in [4.69, 9.17) is 8.83 Å². The van der Waals surface area contributed by atoms with Crippen molar-refractivity contribution in [1.29, 1.82) is 0 Å². The molecular formula is C22H21N3O4S. The van der Waals surface area contributed by atoms with Crippen LogP contribution in [0.1, 0.15) is 29.4 Å². The number of hydrogen-bond donors (Lipinski definition) is 2. The minimum atomic E-state index is -0.164. The molecule has 0 saturated carbocycles. The van der Waals surface area contributed by atoms with Gasteiger partial charge in [0.1, 0.15) is 17.0 Å². The molecule has 0 unspecified atom stereocenters. The molecule has 3 heterocycles. The van der Waals surface area contributed by atoms with E-state index in [9.17, 15) is 9.59 Å². The molecule has 0 aliphatic heterocycles. The Morgan fingerprint density at radius 1 is 1.17 bits per heavy atom. The van der Waals surface area contributed by atoms with Gasteiger partial charge >= 0.3 is 0 Å². The number of benzene rings is 1. The van der Waals surface area contributed by atoms with E-state index < -0.39 is 0 Å². The van der Waals surface area contributed by atoms with Crippen LogP contribution in [0.2, 0.25) is 0 Å². The molecule has 0 fully saturated rings. The first kappa shape index (κ1) is 19.9. The molecule has 0 atom stereocenters. The summed E-state index contributed by atoms with van der Waals surface area (Å²) < 4.78 is 11.4. The summed E-state index contributed by atoms with van der Waals surface area (Å²) in [6, 6.07) is 7.60. The molecule has 4 aromatic rings. The Labute approximate surface area is 177 Å². The average molecular weight is 423 g/mol. The SMILES string of the molecule is CC(=O)NCc1ccc(-c2csc(NC(=O)Cc3coc4c(C)c(C)ccc34)n2)o1. The molecule has 2 amide bonds. The third-order valence-corrected chi connectivity index (χ3v) is 5.63. The fraction of sp³-hybridized carbons (Fsp3) is 0.227. The maximum absolute atomic E-state index is 12.5. The number of fused-ring (bicyclic) bond motifs is 1. The lowest BCUT2D eigenvalue weighted by atomic mass is 10.0. The largest absolute Gasteiger partial charge is 0.464 e. The minimum Gasteiger partial charge on any atom is -0.464 e. The zero-order chi connectivity index (χ0) is 21.3. The Balaban J connectivity index is 1.42. The number of thiazole rings is 1. The molecule has 0 aliphatic carbocycles. The van der Waals surface area contributed by atoms with Crippen LogP contribution in [0.5, 0.6) is 0 Å². The number of furan rings is 2. The second kappa shape index (κ2) is 8.16. The quantitative estimate of drug-likeness (QED) is 0.473. The number of carbonyl (C=O) groups is 2. The number of rotatable bonds is 6. The molecule has 0 bridgehead atoms. The molecule has 3 aromatic heterocycles. The van der Waals surface area contributed by atoms with Crippen molar-refractivity contribution < 1.29 is 18.4 Å². The number of hydrogen-bond acceptors (Lipinski definition) is 6. The molecule has 7 nitrogen and oxygen atoms in total. The third-order valence-electron chi connectivity index (χ3n) is 4.87. The Hall–Kier alpha value is -3.39. The van der Waals surface area contributed by atoms with Crippen LogP contribution in [0.4, 0.5) is 5.13 Å². The summed E-state index contributed by atoms with van der Waals surface area (Å²) in [5.41, 5.74) is 4.53. The van der Waals surface area contributed by atoms with Crippen LogP contribution in [-0.4, -0.2) is 16.8 Å². The molecule has 8 heteroatoms. The smallest absolute Gasteiger partial charge is 0.230 e. The van der Waals surface area contributed by atoms with Crippen molar-refractivity contribution in [2.45, 2.75) is 33.7 Å². The molecule has 154 valence electrons. The first-order valence-corrected chi connectivity index (χ1v) is 10.3. The van der Waals surface area contributed by atoms with Gasteiger partial charge in [0.2, 0.25) is 11.8 Å². The van der Waals surface area contributed by atoms with Crippen LogP contribution >= 0.6 is 11.3 Å². The van der Waals surface area contributed by atoms with Gasteiger partial charge in [-0.2, -0.15) is 0 Å². The summed E-state index contributed by atoms with van der Waals surface area (Å²) in [5, 5.41) is 8.78. The monoisotopic (exact) mass is 423 g/mol. The molecular weight excluding hydrogens is 402 g/mol. The highest BCUT2D eigenvalue weighted by molar-refractivity contribution is 7.14. The van der Waals surface area contributed by atoms with E-state index >= 15 is 0 Å².